The smallest absolute Gasteiger partial charge is 0.191 e. The third-order valence-corrected chi connectivity index (χ3v) is 4.78. The highest BCUT2D eigenvalue weighted by Gasteiger charge is 2.05. The molecule has 0 aliphatic heterocycles. The average Bonchev–Trinajstić information content (AvgIpc) is 3.21. The number of aromatic nitrogens is 2. The summed E-state index contributed by atoms with van der Waals surface area (Å²) in [7, 11) is 0. The second-order valence-electron chi connectivity index (χ2n) is 6.16. The van der Waals surface area contributed by atoms with Crippen molar-refractivity contribution < 1.29 is 0 Å². The first-order chi connectivity index (χ1) is 11.7. The lowest BCUT2D eigenvalue weighted by Gasteiger charge is -2.13. The Balaban J connectivity index is 0.00000312. The number of nitrogens with one attached hydrogen (secondary N) is 3. The zero-order valence-electron chi connectivity index (χ0n) is 15.3. The van der Waals surface area contributed by atoms with Gasteiger partial charge in [-0.05, 0) is 56.0 Å². The van der Waals surface area contributed by atoms with Crippen molar-refractivity contribution in [3.63, 3.8) is 0 Å². The topological polar surface area (TPSA) is 65.1 Å². The van der Waals surface area contributed by atoms with E-state index in [1.807, 2.05) is 17.5 Å². The molecule has 2 aromatic rings. The number of aromatic amines is 1. The fourth-order valence-electron chi connectivity index (χ4n) is 2.54. The maximum atomic E-state index is 4.73. The normalized spacial score (nSPS) is 12.5. The molecule has 140 valence electrons. The molecule has 7 heteroatoms. The van der Waals surface area contributed by atoms with E-state index in [1.165, 1.54) is 10.4 Å². The van der Waals surface area contributed by atoms with Gasteiger partial charge in [0.2, 0.25) is 0 Å². The summed E-state index contributed by atoms with van der Waals surface area (Å²) in [4.78, 5) is 6.16. The monoisotopic (exact) mass is 475 g/mol. The molecule has 2 aromatic heterocycles. The molecule has 0 aliphatic carbocycles. The number of guanidine groups is 1. The van der Waals surface area contributed by atoms with Gasteiger partial charge in [0.15, 0.2) is 5.96 Å². The van der Waals surface area contributed by atoms with Gasteiger partial charge in [-0.2, -0.15) is 5.10 Å². The van der Waals surface area contributed by atoms with Crippen molar-refractivity contribution in [3.8, 4) is 0 Å². The standard InChI is InChI=1S/C18H29N5S.HI/c1-4-19-18(20-9-5-7-16-13-22-23-15(16)3)21-12-14(2)11-17-8-6-10-24-17;/h6,8,10,13-14H,4-5,7,9,11-12H2,1-3H3,(H,22,23)(H2,19,20,21);1H. The molecule has 5 nitrogen and oxygen atoms in total. The van der Waals surface area contributed by atoms with Gasteiger partial charge in [-0.1, -0.05) is 13.0 Å². The molecule has 0 radical (unpaired) electrons. The van der Waals surface area contributed by atoms with Gasteiger partial charge in [-0.15, -0.1) is 35.3 Å². The maximum Gasteiger partial charge on any atom is 0.191 e. The zero-order valence-corrected chi connectivity index (χ0v) is 18.5. The Labute approximate surface area is 172 Å². The van der Waals surface area contributed by atoms with Crippen molar-refractivity contribution in [2.75, 3.05) is 19.6 Å². The van der Waals surface area contributed by atoms with Gasteiger partial charge in [0.05, 0.1) is 6.20 Å². The van der Waals surface area contributed by atoms with Crippen LogP contribution in [0, 0.1) is 12.8 Å². The van der Waals surface area contributed by atoms with Crippen LogP contribution in [0.2, 0.25) is 0 Å². The second-order valence-corrected chi connectivity index (χ2v) is 7.19. The number of aryl methyl sites for hydroxylation is 2. The van der Waals surface area contributed by atoms with Crippen LogP contribution < -0.4 is 10.6 Å². The molecule has 0 saturated heterocycles. The predicted octanol–water partition coefficient (Wildman–Crippen LogP) is 3.76. The van der Waals surface area contributed by atoms with E-state index in [2.05, 4.69) is 59.1 Å². The number of rotatable bonds is 9. The molecule has 1 atom stereocenters. The number of halogens is 1. The fraction of sp³-hybridized carbons (Fsp3) is 0.556. The number of aliphatic imine (C=N–C) groups is 1. The highest BCUT2D eigenvalue weighted by Crippen LogP contribution is 2.14. The van der Waals surface area contributed by atoms with E-state index in [1.54, 1.807) is 0 Å². The number of nitrogens with zero attached hydrogens (tertiary/aromatic N) is 2. The first kappa shape index (κ1) is 22.0. The summed E-state index contributed by atoms with van der Waals surface area (Å²) in [6.07, 6.45) is 5.11. The molecule has 0 aliphatic rings. The molecule has 0 amide bonds. The highest BCUT2D eigenvalue weighted by atomic mass is 127. The number of thiophene rings is 1. The molecule has 0 aromatic carbocycles. The first-order valence-corrected chi connectivity index (χ1v) is 9.60. The fourth-order valence-corrected chi connectivity index (χ4v) is 3.41. The Kier molecular flexibility index (Phi) is 10.8. The third-order valence-electron chi connectivity index (χ3n) is 3.88. The summed E-state index contributed by atoms with van der Waals surface area (Å²) >= 11 is 1.83. The average molecular weight is 475 g/mol. The highest BCUT2D eigenvalue weighted by molar-refractivity contribution is 14.0. The predicted molar refractivity (Wildman–Crippen MR) is 118 cm³/mol. The minimum atomic E-state index is 0. The molecule has 0 spiro atoms. The number of hydrogen-bond donors (Lipinski definition) is 3. The quantitative estimate of drug-likeness (QED) is 0.224. The third kappa shape index (κ3) is 8.22. The van der Waals surface area contributed by atoms with Gasteiger partial charge in [0.1, 0.15) is 0 Å². The van der Waals surface area contributed by atoms with Gasteiger partial charge in [0.25, 0.3) is 0 Å². The van der Waals surface area contributed by atoms with Gasteiger partial charge in [0, 0.05) is 30.2 Å². The van der Waals surface area contributed by atoms with Crippen LogP contribution >= 0.6 is 35.3 Å². The minimum absolute atomic E-state index is 0. The molecule has 1 unspecified atom stereocenters. The van der Waals surface area contributed by atoms with E-state index in [0.717, 1.165) is 50.6 Å². The Morgan fingerprint density at radius 1 is 1.40 bits per heavy atom. The molecule has 0 bridgehead atoms. The molecular formula is C18H30IN5S. The lowest BCUT2D eigenvalue weighted by molar-refractivity contribution is 0.594. The Hall–Kier alpha value is -1.09. The summed E-state index contributed by atoms with van der Waals surface area (Å²) in [5.74, 6) is 1.46. The minimum Gasteiger partial charge on any atom is -0.357 e. The van der Waals surface area contributed by atoms with Crippen LogP contribution in [0.1, 0.15) is 36.4 Å². The van der Waals surface area contributed by atoms with Crippen LogP contribution in [-0.2, 0) is 12.8 Å². The SMILES string of the molecule is CCNC(=NCC(C)Cc1cccs1)NCCCc1cn[nH]c1C.I. The van der Waals surface area contributed by atoms with Crippen molar-refractivity contribution in [3.05, 3.63) is 39.8 Å². The van der Waals surface area contributed by atoms with E-state index < -0.39 is 0 Å². The summed E-state index contributed by atoms with van der Waals surface area (Å²) in [6, 6.07) is 4.32. The van der Waals surface area contributed by atoms with Gasteiger partial charge < -0.3 is 10.6 Å². The van der Waals surface area contributed by atoms with Crippen molar-refractivity contribution >= 4 is 41.3 Å². The van der Waals surface area contributed by atoms with Crippen molar-refractivity contribution in [2.24, 2.45) is 10.9 Å². The lowest BCUT2D eigenvalue weighted by atomic mass is 10.1. The van der Waals surface area contributed by atoms with E-state index in [-0.39, 0.29) is 24.0 Å². The van der Waals surface area contributed by atoms with E-state index >= 15 is 0 Å². The summed E-state index contributed by atoms with van der Waals surface area (Å²) in [5, 5.41) is 15.9. The molecule has 2 heterocycles. The second kappa shape index (κ2) is 12.3. The molecule has 25 heavy (non-hydrogen) atoms. The van der Waals surface area contributed by atoms with Crippen molar-refractivity contribution in [1.29, 1.82) is 0 Å². The zero-order chi connectivity index (χ0) is 17.2. The van der Waals surface area contributed by atoms with Crippen LogP contribution in [0.15, 0.2) is 28.7 Å². The van der Waals surface area contributed by atoms with Gasteiger partial charge >= 0.3 is 0 Å². The molecule has 3 N–H and O–H groups in total. The Bertz CT molecular complexity index is 609. The first-order valence-electron chi connectivity index (χ1n) is 8.72. The van der Waals surface area contributed by atoms with Gasteiger partial charge in [-0.25, -0.2) is 0 Å². The Morgan fingerprint density at radius 2 is 2.24 bits per heavy atom. The van der Waals surface area contributed by atoms with Crippen molar-refractivity contribution in [1.82, 2.24) is 20.8 Å². The van der Waals surface area contributed by atoms with E-state index in [0.29, 0.717) is 5.92 Å². The van der Waals surface area contributed by atoms with Crippen LogP contribution in [0.5, 0.6) is 0 Å². The van der Waals surface area contributed by atoms with Crippen LogP contribution in [0.25, 0.3) is 0 Å². The maximum absolute atomic E-state index is 4.73. The molecule has 2 rings (SSSR count). The lowest BCUT2D eigenvalue weighted by Crippen LogP contribution is -2.38. The summed E-state index contributed by atoms with van der Waals surface area (Å²) in [5.41, 5.74) is 2.46. The van der Waals surface area contributed by atoms with E-state index in [4.69, 9.17) is 4.99 Å². The Morgan fingerprint density at radius 3 is 2.88 bits per heavy atom. The largest absolute Gasteiger partial charge is 0.357 e. The summed E-state index contributed by atoms with van der Waals surface area (Å²) < 4.78 is 0. The number of hydrogen-bond acceptors (Lipinski definition) is 3. The van der Waals surface area contributed by atoms with Crippen molar-refractivity contribution in [2.45, 2.75) is 40.0 Å². The number of H-pyrrole nitrogens is 1. The summed E-state index contributed by atoms with van der Waals surface area (Å²) in [6.45, 7) is 9.06. The van der Waals surface area contributed by atoms with Crippen LogP contribution in [0.3, 0.4) is 0 Å². The van der Waals surface area contributed by atoms with Crippen LogP contribution in [-0.4, -0.2) is 35.8 Å². The molecule has 0 saturated carbocycles. The molecule has 0 fully saturated rings. The van der Waals surface area contributed by atoms with Crippen LogP contribution in [0.4, 0.5) is 0 Å². The van der Waals surface area contributed by atoms with Gasteiger partial charge in [-0.3, -0.25) is 10.1 Å². The van der Waals surface area contributed by atoms with E-state index in [9.17, 15) is 0 Å². The molecular weight excluding hydrogens is 445 g/mol.